The molecule has 0 aromatic heterocycles. The number of carboxylic acids is 1. The Morgan fingerprint density at radius 1 is 0.862 bits per heavy atom. The van der Waals surface area contributed by atoms with Crippen LogP contribution in [0, 0.1) is 11.8 Å². The minimum atomic E-state index is -1.20. The van der Waals surface area contributed by atoms with E-state index in [1.165, 1.54) is 6.92 Å². The molecule has 0 spiro atoms. The quantitative estimate of drug-likeness (QED) is 0.222. The van der Waals surface area contributed by atoms with Crippen molar-refractivity contribution in [3.8, 4) is 0 Å². The smallest absolute Gasteiger partial charge is 0.326 e. The SMILES string of the molecule is CC(C)CC(NC(=O)C(NC(=O)C(C)NC(=O)C(N)CC(N)=O)C(C)C)C(=O)O. The lowest BCUT2D eigenvalue weighted by molar-refractivity contribution is -0.143. The minimum Gasteiger partial charge on any atom is -0.480 e. The number of hydrogen-bond donors (Lipinski definition) is 6. The number of carboxylic acid groups (broad SMARTS) is 1. The molecule has 0 fully saturated rings. The highest BCUT2D eigenvalue weighted by Gasteiger charge is 2.30. The third-order valence-electron chi connectivity index (χ3n) is 4.08. The van der Waals surface area contributed by atoms with Crippen LogP contribution in [0.2, 0.25) is 0 Å². The van der Waals surface area contributed by atoms with Crippen LogP contribution in [0.15, 0.2) is 0 Å². The van der Waals surface area contributed by atoms with Crippen molar-refractivity contribution in [2.24, 2.45) is 23.3 Å². The third-order valence-corrected chi connectivity index (χ3v) is 4.08. The van der Waals surface area contributed by atoms with Gasteiger partial charge in [-0.2, -0.15) is 0 Å². The number of nitrogens with one attached hydrogen (secondary N) is 3. The van der Waals surface area contributed by atoms with Gasteiger partial charge in [-0.3, -0.25) is 19.2 Å². The van der Waals surface area contributed by atoms with E-state index in [1.807, 2.05) is 13.8 Å². The summed E-state index contributed by atoms with van der Waals surface area (Å²) in [5.41, 5.74) is 10.5. The van der Waals surface area contributed by atoms with Crippen LogP contribution >= 0.6 is 0 Å². The Kier molecular flexibility index (Phi) is 10.9. The van der Waals surface area contributed by atoms with Crippen molar-refractivity contribution in [3.05, 3.63) is 0 Å². The summed E-state index contributed by atoms with van der Waals surface area (Å²) in [6.45, 7) is 8.43. The summed E-state index contributed by atoms with van der Waals surface area (Å²) in [4.78, 5) is 59.0. The van der Waals surface area contributed by atoms with E-state index in [4.69, 9.17) is 11.5 Å². The van der Waals surface area contributed by atoms with E-state index in [0.29, 0.717) is 0 Å². The van der Waals surface area contributed by atoms with E-state index in [0.717, 1.165) is 0 Å². The summed E-state index contributed by atoms with van der Waals surface area (Å²) in [7, 11) is 0. The molecule has 29 heavy (non-hydrogen) atoms. The van der Waals surface area contributed by atoms with Crippen LogP contribution in [0.1, 0.15) is 47.5 Å². The lowest BCUT2D eigenvalue weighted by Gasteiger charge is -2.26. The Balaban J connectivity index is 5.02. The Bertz CT molecular complexity index is 622. The van der Waals surface area contributed by atoms with Gasteiger partial charge in [0.25, 0.3) is 0 Å². The first-order valence-corrected chi connectivity index (χ1v) is 9.44. The highest BCUT2D eigenvalue weighted by molar-refractivity contribution is 5.94. The van der Waals surface area contributed by atoms with Crippen molar-refractivity contribution in [1.82, 2.24) is 16.0 Å². The lowest BCUT2D eigenvalue weighted by Crippen LogP contribution is -2.58. The Hall–Kier alpha value is -2.69. The Labute approximate surface area is 170 Å². The molecule has 166 valence electrons. The second-order valence-corrected chi connectivity index (χ2v) is 7.77. The van der Waals surface area contributed by atoms with Gasteiger partial charge in [0.1, 0.15) is 18.1 Å². The number of amides is 4. The number of primary amides is 1. The Morgan fingerprint density at radius 3 is 1.83 bits per heavy atom. The molecule has 0 saturated heterocycles. The van der Waals surface area contributed by atoms with Gasteiger partial charge in [0.2, 0.25) is 23.6 Å². The van der Waals surface area contributed by atoms with E-state index >= 15 is 0 Å². The Morgan fingerprint density at radius 2 is 1.41 bits per heavy atom. The van der Waals surface area contributed by atoms with Crippen LogP contribution in [0.5, 0.6) is 0 Å². The second-order valence-electron chi connectivity index (χ2n) is 7.77. The summed E-state index contributed by atoms with van der Waals surface area (Å²) in [5, 5.41) is 16.6. The van der Waals surface area contributed by atoms with Crippen LogP contribution in [0.3, 0.4) is 0 Å². The summed E-state index contributed by atoms with van der Waals surface area (Å²) >= 11 is 0. The molecule has 11 nitrogen and oxygen atoms in total. The molecular formula is C18H33N5O6. The maximum Gasteiger partial charge on any atom is 0.326 e. The monoisotopic (exact) mass is 415 g/mol. The predicted molar refractivity (Wildman–Crippen MR) is 105 cm³/mol. The van der Waals surface area contributed by atoms with Crippen molar-refractivity contribution in [3.63, 3.8) is 0 Å². The maximum absolute atomic E-state index is 12.5. The fourth-order valence-electron chi connectivity index (χ4n) is 2.46. The zero-order valence-electron chi connectivity index (χ0n) is 17.5. The molecular weight excluding hydrogens is 382 g/mol. The number of hydrogen-bond acceptors (Lipinski definition) is 6. The molecule has 0 aliphatic carbocycles. The van der Waals surface area contributed by atoms with E-state index in [1.54, 1.807) is 13.8 Å². The molecule has 0 aromatic rings. The van der Waals surface area contributed by atoms with Gasteiger partial charge in [0.05, 0.1) is 12.5 Å². The maximum atomic E-state index is 12.5. The molecule has 0 rings (SSSR count). The summed E-state index contributed by atoms with van der Waals surface area (Å²) < 4.78 is 0. The molecule has 4 amide bonds. The van der Waals surface area contributed by atoms with E-state index < -0.39 is 53.8 Å². The van der Waals surface area contributed by atoms with Crippen LogP contribution < -0.4 is 27.4 Å². The standard InChI is InChI=1S/C18H33N5O6/c1-8(2)6-12(18(28)29)22-17(27)14(9(3)4)23-15(25)10(5)21-16(26)11(19)7-13(20)24/h8-12,14H,6-7,19H2,1-5H3,(H2,20,24)(H,21,26)(H,22,27)(H,23,25)(H,28,29). The topological polar surface area (TPSA) is 194 Å². The van der Waals surface area contributed by atoms with Crippen LogP contribution in [0.25, 0.3) is 0 Å². The van der Waals surface area contributed by atoms with Crippen LogP contribution in [-0.4, -0.2) is 58.9 Å². The molecule has 0 aromatic carbocycles. The molecule has 0 heterocycles. The van der Waals surface area contributed by atoms with Crippen LogP contribution in [0.4, 0.5) is 0 Å². The largest absolute Gasteiger partial charge is 0.480 e. The van der Waals surface area contributed by atoms with Gasteiger partial charge in [-0.1, -0.05) is 27.7 Å². The van der Waals surface area contributed by atoms with Crippen molar-refractivity contribution in [2.75, 3.05) is 0 Å². The fraction of sp³-hybridized carbons (Fsp3) is 0.722. The van der Waals surface area contributed by atoms with Crippen molar-refractivity contribution < 1.29 is 29.1 Å². The first kappa shape index (κ1) is 26.3. The van der Waals surface area contributed by atoms with Crippen molar-refractivity contribution in [1.29, 1.82) is 0 Å². The zero-order valence-corrected chi connectivity index (χ0v) is 17.5. The van der Waals surface area contributed by atoms with E-state index in [-0.39, 0.29) is 24.7 Å². The zero-order chi connectivity index (χ0) is 22.9. The molecule has 4 atom stereocenters. The number of carbonyl (C=O) groups is 5. The van der Waals surface area contributed by atoms with Gasteiger partial charge in [0.15, 0.2) is 0 Å². The number of rotatable bonds is 12. The van der Waals surface area contributed by atoms with Crippen LogP contribution in [-0.2, 0) is 24.0 Å². The average Bonchev–Trinajstić information content (AvgIpc) is 2.56. The third kappa shape index (κ3) is 9.88. The normalized spacial score (nSPS) is 15.2. The lowest BCUT2D eigenvalue weighted by atomic mass is 10.00. The molecule has 0 aliphatic heterocycles. The minimum absolute atomic E-state index is 0.0448. The van der Waals surface area contributed by atoms with Crippen molar-refractivity contribution in [2.45, 2.75) is 71.6 Å². The van der Waals surface area contributed by atoms with Gasteiger partial charge in [0, 0.05) is 0 Å². The first-order valence-electron chi connectivity index (χ1n) is 9.44. The number of aliphatic carboxylic acids is 1. The van der Waals surface area contributed by atoms with E-state index in [9.17, 15) is 29.1 Å². The summed E-state index contributed by atoms with van der Waals surface area (Å²) in [6, 6.07) is -4.32. The van der Waals surface area contributed by atoms with Gasteiger partial charge in [-0.05, 0) is 25.2 Å². The van der Waals surface area contributed by atoms with Gasteiger partial charge >= 0.3 is 5.97 Å². The fourth-order valence-corrected chi connectivity index (χ4v) is 2.46. The number of carbonyl (C=O) groups excluding carboxylic acids is 4. The first-order chi connectivity index (χ1) is 13.3. The summed E-state index contributed by atoms with van der Waals surface area (Å²) in [5.74, 6) is -4.24. The summed E-state index contributed by atoms with van der Waals surface area (Å²) in [6.07, 6.45) is -0.131. The van der Waals surface area contributed by atoms with Gasteiger partial charge < -0.3 is 32.5 Å². The molecule has 0 saturated carbocycles. The highest BCUT2D eigenvalue weighted by Crippen LogP contribution is 2.08. The molecule has 8 N–H and O–H groups in total. The molecule has 0 aliphatic rings. The molecule has 11 heteroatoms. The molecule has 0 radical (unpaired) electrons. The predicted octanol–water partition coefficient (Wildman–Crippen LogP) is -1.55. The molecule has 4 unspecified atom stereocenters. The van der Waals surface area contributed by atoms with Gasteiger partial charge in [-0.25, -0.2) is 4.79 Å². The van der Waals surface area contributed by atoms with Gasteiger partial charge in [-0.15, -0.1) is 0 Å². The number of nitrogens with two attached hydrogens (primary N) is 2. The van der Waals surface area contributed by atoms with E-state index in [2.05, 4.69) is 16.0 Å². The molecule has 0 bridgehead atoms. The second kappa shape index (κ2) is 12.0. The average molecular weight is 415 g/mol. The van der Waals surface area contributed by atoms with Crippen molar-refractivity contribution >= 4 is 29.6 Å². The highest BCUT2D eigenvalue weighted by atomic mass is 16.4.